The average Bonchev–Trinajstić information content (AvgIpc) is 4.09. The van der Waals surface area contributed by atoms with Crippen LogP contribution < -0.4 is 9.80 Å². The molecule has 6 aromatic rings. The molecule has 10 rings (SSSR count). The van der Waals surface area contributed by atoms with Crippen molar-refractivity contribution in [1.29, 1.82) is 0 Å². The van der Waals surface area contributed by atoms with Gasteiger partial charge in [0.25, 0.3) is 0 Å². The summed E-state index contributed by atoms with van der Waals surface area (Å²) < 4.78 is 43.7. The Balaban J connectivity index is 1.05. The van der Waals surface area contributed by atoms with E-state index in [1.807, 2.05) is 33.3 Å². The number of hydrogen-bond acceptors (Lipinski definition) is 15. The highest BCUT2D eigenvalue weighted by molar-refractivity contribution is 5.90. The van der Waals surface area contributed by atoms with Crippen LogP contribution in [0.3, 0.4) is 0 Å². The lowest BCUT2D eigenvalue weighted by atomic mass is 9.99. The number of Topliss-reactive ketones (excluding diaryl/α,β-unsaturated/α-hetero) is 1. The maximum Gasteiger partial charge on any atom is 0.213 e. The monoisotopic (exact) mass is 792 g/mol. The standard InChI is InChI=1S/C39H42F2N14O3/c40-29-9-1-5-25(44-29)27-7-3-11-52(27)33-23-54-31(21-42-33)46-48-38(54)35(50-13-17-57-18-14-50)37(56)36(51-15-19-58-20-16-51)39-49-47-32-22-43-34(24-55(32)39)53-12-4-8-28(53)26-6-2-10-30(41)45-26/h1-2,5-6,9-10,21-24,27-28,35-36H,3-4,7-8,11-20H2/t27?,28?,35-,36-/m0/s1. The maximum atomic E-state index is 15.7. The summed E-state index contributed by atoms with van der Waals surface area (Å²) in [5.74, 6) is 1.00. The zero-order valence-corrected chi connectivity index (χ0v) is 31.7. The van der Waals surface area contributed by atoms with E-state index in [4.69, 9.17) is 19.4 Å². The molecular weight excluding hydrogens is 751 g/mol. The molecular formula is C39H42F2N14O3. The van der Waals surface area contributed by atoms with Crippen molar-refractivity contribution in [2.24, 2.45) is 0 Å². The van der Waals surface area contributed by atoms with Gasteiger partial charge in [0.15, 0.2) is 28.7 Å². The molecule has 2 unspecified atom stereocenters. The van der Waals surface area contributed by atoms with Crippen LogP contribution >= 0.6 is 0 Å². The Morgan fingerprint density at radius 2 is 1.07 bits per heavy atom. The number of carbonyl (C=O) groups is 1. The average molecular weight is 793 g/mol. The van der Waals surface area contributed by atoms with Crippen LogP contribution in [-0.4, -0.2) is 130 Å². The molecule has 0 saturated carbocycles. The number of morpholine rings is 2. The zero-order valence-electron chi connectivity index (χ0n) is 31.7. The molecule has 0 aromatic carbocycles. The van der Waals surface area contributed by atoms with Gasteiger partial charge in [-0.05, 0) is 49.9 Å². The molecule has 4 atom stereocenters. The van der Waals surface area contributed by atoms with E-state index in [9.17, 15) is 8.78 Å². The van der Waals surface area contributed by atoms with Gasteiger partial charge in [-0.2, -0.15) is 8.78 Å². The summed E-state index contributed by atoms with van der Waals surface area (Å²) >= 11 is 0. The number of fused-ring (bicyclic) bond motifs is 2. The maximum absolute atomic E-state index is 15.7. The van der Waals surface area contributed by atoms with Crippen molar-refractivity contribution in [3.63, 3.8) is 0 Å². The first-order chi connectivity index (χ1) is 28.5. The van der Waals surface area contributed by atoms with Gasteiger partial charge < -0.3 is 19.3 Å². The highest BCUT2D eigenvalue weighted by atomic mass is 19.1. The fourth-order valence-corrected chi connectivity index (χ4v) is 8.97. The van der Waals surface area contributed by atoms with Crippen molar-refractivity contribution in [3.8, 4) is 0 Å². The number of ether oxygens (including phenoxy) is 2. The number of anilines is 2. The van der Waals surface area contributed by atoms with Crippen molar-refractivity contribution < 1.29 is 23.0 Å². The molecule has 10 heterocycles. The molecule has 0 amide bonds. The Labute approximate surface area is 331 Å². The summed E-state index contributed by atoms with van der Waals surface area (Å²) in [7, 11) is 0. The van der Waals surface area contributed by atoms with E-state index >= 15 is 4.79 Å². The molecule has 6 aromatic heterocycles. The van der Waals surface area contributed by atoms with Crippen molar-refractivity contribution in [2.45, 2.75) is 49.9 Å². The lowest BCUT2D eigenvalue weighted by molar-refractivity contribution is -0.134. The second-order valence-corrected chi connectivity index (χ2v) is 15.0. The lowest BCUT2D eigenvalue weighted by Gasteiger charge is -2.38. The van der Waals surface area contributed by atoms with E-state index < -0.39 is 24.0 Å². The Morgan fingerprint density at radius 3 is 1.50 bits per heavy atom. The Hall–Kier alpha value is -5.63. The number of pyridine rings is 2. The van der Waals surface area contributed by atoms with Gasteiger partial charge in [0, 0.05) is 39.3 Å². The van der Waals surface area contributed by atoms with Gasteiger partial charge in [-0.25, -0.2) is 19.9 Å². The molecule has 17 nitrogen and oxygen atoms in total. The van der Waals surface area contributed by atoms with E-state index in [0.717, 1.165) is 25.7 Å². The van der Waals surface area contributed by atoms with Crippen LogP contribution in [0, 0.1) is 11.9 Å². The minimum atomic E-state index is -0.850. The summed E-state index contributed by atoms with van der Waals surface area (Å²) in [4.78, 5) is 42.0. The molecule has 4 fully saturated rings. The predicted molar refractivity (Wildman–Crippen MR) is 204 cm³/mol. The van der Waals surface area contributed by atoms with Gasteiger partial charge in [0.05, 0.1) is 74.7 Å². The molecule has 4 saturated heterocycles. The first kappa shape index (κ1) is 36.7. The summed E-state index contributed by atoms with van der Waals surface area (Å²) in [6.45, 7) is 5.20. The third kappa shape index (κ3) is 6.80. The SMILES string of the molecule is O=C([C@@H](c1nnc2cnc(N3CCCC3c3cccc(F)n3)cn12)N1CCOCC1)[C@@H](c1nnc2cnc(N3CCCC3c3cccc(F)n3)cn12)N1CCOCC1. The van der Waals surface area contributed by atoms with E-state index in [1.54, 1.807) is 24.5 Å². The number of ketones is 1. The predicted octanol–water partition coefficient (Wildman–Crippen LogP) is 3.33. The zero-order chi connectivity index (χ0) is 39.2. The van der Waals surface area contributed by atoms with Gasteiger partial charge in [0.1, 0.15) is 23.7 Å². The third-order valence-corrected chi connectivity index (χ3v) is 11.7. The molecule has 300 valence electrons. The fourth-order valence-electron chi connectivity index (χ4n) is 8.97. The summed E-state index contributed by atoms with van der Waals surface area (Å²) in [6.07, 6.45) is 10.4. The van der Waals surface area contributed by atoms with Gasteiger partial charge >= 0.3 is 0 Å². The van der Waals surface area contributed by atoms with Gasteiger partial charge in [-0.1, -0.05) is 12.1 Å². The number of hydrogen-bond donors (Lipinski definition) is 0. The van der Waals surface area contributed by atoms with Crippen LogP contribution in [0.5, 0.6) is 0 Å². The first-order valence-electron chi connectivity index (χ1n) is 19.9. The van der Waals surface area contributed by atoms with Crippen LogP contribution in [0.2, 0.25) is 0 Å². The van der Waals surface area contributed by atoms with Crippen LogP contribution in [0.15, 0.2) is 61.2 Å². The van der Waals surface area contributed by atoms with Crippen molar-refractivity contribution in [2.75, 3.05) is 75.5 Å². The first-order valence-corrected chi connectivity index (χ1v) is 19.9. The molecule has 0 bridgehead atoms. The van der Waals surface area contributed by atoms with E-state index in [2.05, 4.69) is 50.0 Å². The largest absolute Gasteiger partial charge is 0.379 e. The van der Waals surface area contributed by atoms with Crippen molar-refractivity contribution in [1.82, 2.24) is 58.9 Å². The van der Waals surface area contributed by atoms with E-state index in [0.29, 0.717) is 112 Å². The Bertz CT molecular complexity index is 2270. The topological polar surface area (TPSA) is 160 Å². The highest BCUT2D eigenvalue weighted by Gasteiger charge is 2.43. The highest BCUT2D eigenvalue weighted by Crippen LogP contribution is 2.38. The van der Waals surface area contributed by atoms with Gasteiger partial charge in [0.2, 0.25) is 11.9 Å². The lowest BCUT2D eigenvalue weighted by Crippen LogP contribution is -2.49. The molecule has 19 heteroatoms. The van der Waals surface area contributed by atoms with E-state index in [1.165, 1.54) is 12.1 Å². The normalized spacial score (nSPS) is 22.0. The van der Waals surface area contributed by atoms with Crippen molar-refractivity contribution >= 4 is 28.7 Å². The molecule has 0 radical (unpaired) electrons. The number of nitrogens with zero attached hydrogens (tertiary/aromatic N) is 14. The number of carbonyl (C=O) groups excluding carboxylic acids is 1. The molecule has 0 spiro atoms. The minimum absolute atomic E-state index is 0.143. The van der Waals surface area contributed by atoms with Crippen LogP contribution in [0.25, 0.3) is 11.3 Å². The van der Waals surface area contributed by atoms with Crippen LogP contribution in [-0.2, 0) is 14.3 Å². The summed E-state index contributed by atoms with van der Waals surface area (Å²) in [6, 6.07) is 7.70. The number of aromatic nitrogens is 10. The summed E-state index contributed by atoms with van der Waals surface area (Å²) in [5, 5.41) is 18.4. The molecule has 0 aliphatic carbocycles. The molecule has 4 aliphatic rings. The second-order valence-electron chi connectivity index (χ2n) is 15.0. The van der Waals surface area contributed by atoms with Crippen molar-refractivity contribution in [3.05, 3.63) is 96.1 Å². The smallest absolute Gasteiger partial charge is 0.213 e. The number of halogens is 2. The Morgan fingerprint density at radius 1 is 0.621 bits per heavy atom. The van der Waals surface area contributed by atoms with E-state index in [-0.39, 0.29) is 17.9 Å². The molecule has 0 N–H and O–H groups in total. The number of rotatable bonds is 10. The van der Waals surface area contributed by atoms with Crippen LogP contribution in [0.1, 0.15) is 72.9 Å². The van der Waals surface area contributed by atoms with Gasteiger partial charge in [-0.3, -0.25) is 23.4 Å². The van der Waals surface area contributed by atoms with Gasteiger partial charge in [-0.15, -0.1) is 20.4 Å². The quantitative estimate of drug-likeness (QED) is 0.186. The third-order valence-electron chi connectivity index (χ3n) is 11.7. The summed E-state index contributed by atoms with van der Waals surface area (Å²) in [5.41, 5.74) is 2.26. The fraction of sp³-hybridized carbons (Fsp3) is 0.462. The van der Waals surface area contributed by atoms with Crippen LogP contribution in [0.4, 0.5) is 20.4 Å². The minimum Gasteiger partial charge on any atom is -0.379 e. The Kier molecular flexibility index (Phi) is 9.88. The molecule has 58 heavy (non-hydrogen) atoms. The molecule has 4 aliphatic heterocycles. The second kappa shape index (κ2) is 15.6.